The van der Waals surface area contributed by atoms with E-state index in [2.05, 4.69) is 47.4 Å². The first-order valence-electron chi connectivity index (χ1n) is 18.9. The summed E-state index contributed by atoms with van der Waals surface area (Å²) in [6.45, 7) is 3.15. The van der Waals surface area contributed by atoms with Gasteiger partial charge in [0.05, 0.1) is 18.8 Å². The molecule has 1 aromatic rings. The molecule has 0 spiro atoms. The standard InChI is InChI=1S/C39H70N2O3.BrH/c1-2-3-4-5-6-7-8-10-14-17-20-23-27-32-39(44)40-37(36-42)38(43)31-26-22-19-16-13-11-9-12-15-18-21-24-28-33-41-34-29-25-30-35-41;/h25-26,29-31,34-35,37-38,42-43H,2-24,27-28,32-33,36H2,1H3;1H/b31-26+;/t37-,38+;/m0./s1. The van der Waals surface area contributed by atoms with Gasteiger partial charge in [0.25, 0.3) is 0 Å². The number of aryl methyl sites for hydroxylation is 1. The molecule has 0 aliphatic heterocycles. The molecule has 1 amide bonds. The number of nitrogens with one attached hydrogen (secondary N) is 1. The van der Waals surface area contributed by atoms with Crippen molar-refractivity contribution < 1.29 is 36.6 Å². The minimum absolute atomic E-state index is 0. The molecule has 1 rings (SSSR count). The molecular formula is C39H71BrN2O3. The lowest BCUT2D eigenvalue weighted by molar-refractivity contribution is -0.697. The topological polar surface area (TPSA) is 73.4 Å². The van der Waals surface area contributed by atoms with Crippen LogP contribution in [0.1, 0.15) is 174 Å². The van der Waals surface area contributed by atoms with Crippen molar-refractivity contribution in [3.05, 3.63) is 42.7 Å². The molecule has 3 N–H and O–H groups in total. The van der Waals surface area contributed by atoms with E-state index in [0.717, 1.165) is 32.2 Å². The quantitative estimate of drug-likeness (QED) is 0.0456. The van der Waals surface area contributed by atoms with E-state index in [-0.39, 0.29) is 29.5 Å². The van der Waals surface area contributed by atoms with Crippen molar-refractivity contribution >= 4 is 5.91 Å². The Hall–Kier alpha value is -1.24. The minimum Gasteiger partial charge on any atom is -1.00 e. The van der Waals surface area contributed by atoms with E-state index in [1.165, 1.54) is 135 Å². The third-order valence-corrected chi connectivity index (χ3v) is 8.86. The molecule has 2 atom stereocenters. The fourth-order valence-corrected chi connectivity index (χ4v) is 5.92. The summed E-state index contributed by atoms with van der Waals surface area (Å²) in [4.78, 5) is 12.3. The Labute approximate surface area is 288 Å². The van der Waals surface area contributed by atoms with Crippen LogP contribution in [0.3, 0.4) is 0 Å². The van der Waals surface area contributed by atoms with Gasteiger partial charge in [-0.05, 0) is 25.7 Å². The van der Waals surface area contributed by atoms with Crippen LogP contribution in [0.4, 0.5) is 0 Å². The minimum atomic E-state index is -0.840. The average molecular weight is 696 g/mol. The molecule has 0 aliphatic rings. The van der Waals surface area contributed by atoms with Crippen LogP contribution in [-0.2, 0) is 11.3 Å². The highest BCUT2D eigenvalue weighted by molar-refractivity contribution is 5.76. The van der Waals surface area contributed by atoms with Crippen LogP contribution in [-0.4, -0.2) is 34.9 Å². The van der Waals surface area contributed by atoms with Crippen molar-refractivity contribution in [2.75, 3.05) is 6.61 Å². The third kappa shape index (κ3) is 28.7. The third-order valence-electron chi connectivity index (χ3n) is 8.86. The number of rotatable bonds is 32. The Morgan fingerprint density at radius 2 is 1.11 bits per heavy atom. The largest absolute Gasteiger partial charge is 1.00 e. The second-order valence-corrected chi connectivity index (χ2v) is 13.1. The van der Waals surface area contributed by atoms with Gasteiger partial charge in [0.2, 0.25) is 5.91 Å². The first kappa shape index (κ1) is 43.8. The second kappa shape index (κ2) is 34.1. The molecule has 0 unspecified atom stereocenters. The number of allylic oxidation sites excluding steroid dienone is 1. The average Bonchev–Trinajstić information content (AvgIpc) is 3.04. The summed E-state index contributed by atoms with van der Waals surface area (Å²) in [5.41, 5.74) is 0. The van der Waals surface area contributed by atoms with E-state index < -0.39 is 12.1 Å². The maximum absolute atomic E-state index is 12.3. The van der Waals surface area contributed by atoms with E-state index in [4.69, 9.17) is 0 Å². The summed E-state index contributed by atoms with van der Waals surface area (Å²) >= 11 is 0. The van der Waals surface area contributed by atoms with Crippen molar-refractivity contribution in [3.8, 4) is 0 Å². The Kier molecular flexibility index (Phi) is 33.2. The van der Waals surface area contributed by atoms with Gasteiger partial charge in [-0.1, -0.05) is 154 Å². The first-order chi connectivity index (χ1) is 21.7. The van der Waals surface area contributed by atoms with E-state index >= 15 is 0 Å². The molecular weight excluding hydrogens is 624 g/mol. The molecule has 0 saturated carbocycles. The summed E-state index contributed by atoms with van der Waals surface area (Å²) in [5.74, 6) is -0.0678. The molecule has 0 bridgehead atoms. The van der Waals surface area contributed by atoms with Gasteiger partial charge in [-0.15, -0.1) is 0 Å². The molecule has 5 nitrogen and oxygen atoms in total. The number of pyridine rings is 1. The molecule has 0 fully saturated rings. The predicted molar refractivity (Wildman–Crippen MR) is 187 cm³/mol. The predicted octanol–water partition coefficient (Wildman–Crippen LogP) is 6.53. The molecule has 6 heteroatoms. The lowest BCUT2D eigenvalue weighted by Gasteiger charge is -2.20. The number of halogens is 1. The van der Waals surface area contributed by atoms with Gasteiger partial charge >= 0.3 is 0 Å². The molecule has 0 aromatic carbocycles. The fraction of sp³-hybridized carbons (Fsp3) is 0.795. The second-order valence-electron chi connectivity index (χ2n) is 13.1. The van der Waals surface area contributed by atoms with Crippen molar-refractivity contribution in [2.45, 2.75) is 193 Å². The zero-order valence-electron chi connectivity index (χ0n) is 29.1. The smallest absolute Gasteiger partial charge is 0.220 e. The number of hydrogen-bond donors (Lipinski definition) is 3. The van der Waals surface area contributed by atoms with E-state index in [9.17, 15) is 15.0 Å². The van der Waals surface area contributed by atoms with Crippen LogP contribution in [0.15, 0.2) is 42.7 Å². The van der Waals surface area contributed by atoms with Gasteiger partial charge in [-0.3, -0.25) is 4.79 Å². The van der Waals surface area contributed by atoms with Gasteiger partial charge < -0.3 is 32.5 Å². The maximum Gasteiger partial charge on any atom is 0.220 e. The number of aromatic nitrogens is 1. The number of carbonyl (C=O) groups excluding carboxylic acids is 1. The van der Waals surface area contributed by atoms with Gasteiger partial charge in [0.1, 0.15) is 6.54 Å². The monoisotopic (exact) mass is 694 g/mol. The molecule has 1 aromatic heterocycles. The number of nitrogens with zero attached hydrogens (tertiary/aromatic N) is 1. The SMILES string of the molecule is CCCCCCCCCCCCCCCC(=O)N[C@@H](CO)[C@H](O)/C=C/CCCCCCCCCCCCC[n+]1ccccc1.[Br-]. The number of aliphatic hydroxyl groups is 2. The van der Waals surface area contributed by atoms with E-state index in [1.807, 2.05) is 6.08 Å². The van der Waals surface area contributed by atoms with Crippen molar-refractivity contribution in [2.24, 2.45) is 0 Å². The maximum atomic E-state index is 12.3. The van der Waals surface area contributed by atoms with Crippen LogP contribution < -0.4 is 26.9 Å². The van der Waals surface area contributed by atoms with E-state index in [0.29, 0.717) is 6.42 Å². The number of unbranched alkanes of at least 4 members (excludes halogenated alkanes) is 23. The van der Waals surface area contributed by atoms with Gasteiger partial charge in [0, 0.05) is 25.0 Å². The van der Waals surface area contributed by atoms with Gasteiger partial charge in [0.15, 0.2) is 12.4 Å². The van der Waals surface area contributed by atoms with Crippen molar-refractivity contribution in [1.29, 1.82) is 0 Å². The molecule has 262 valence electrons. The summed E-state index contributed by atoms with van der Waals surface area (Å²) in [5, 5.41) is 22.9. The van der Waals surface area contributed by atoms with Crippen LogP contribution in [0, 0.1) is 0 Å². The number of aliphatic hydroxyl groups excluding tert-OH is 2. The highest BCUT2D eigenvalue weighted by Crippen LogP contribution is 2.14. The number of hydrogen-bond acceptors (Lipinski definition) is 3. The van der Waals surface area contributed by atoms with Crippen molar-refractivity contribution in [1.82, 2.24) is 5.32 Å². The van der Waals surface area contributed by atoms with Crippen molar-refractivity contribution in [3.63, 3.8) is 0 Å². The van der Waals surface area contributed by atoms with E-state index in [1.54, 1.807) is 6.08 Å². The van der Waals surface area contributed by atoms with Crippen LogP contribution >= 0.6 is 0 Å². The summed E-state index contributed by atoms with van der Waals surface area (Å²) in [6, 6.07) is 5.64. The number of amides is 1. The highest BCUT2D eigenvalue weighted by Gasteiger charge is 2.17. The number of carbonyl (C=O) groups is 1. The lowest BCUT2D eigenvalue weighted by atomic mass is 10.0. The summed E-state index contributed by atoms with van der Waals surface area (Å²) < 4.78 is 2.27. The molecule has 0 radical (unpaired) electrons. The Bertz CT molecular complexity index is 777. The van der Waals surface area contributed by atoms with Crippen LogP contribution in [0.2, 0.25) is 0 Å². The van der Waals surface area contributed by atoms with Gasteiger partial charge in [-0.2, -0.15) is 0 Å². The fourth-order valence-electron chi connectivity index (χ4n) is 5.92. The first-order valence-corrected chi connectivity index (χ1v) is 18.9. The summed E-state index contributed by atoms with van der Waals surface area (Å²) in [6.07, 6.45) is 39.6. The summed E-state index contributed by atoms with van der Waals surface area (Å²) in [7, 11) is 0. The molecule has 1 heterocycles. The van der Waals surface area contributed by atoms with Gasteiger partial charge in [-0.25, -0.2) is 4.57 Å². The Morgan fingerprint density at radius 3 is 1.60 bits per heavy atom. The zero-order valence-corrected chi connectivity index (χ0v) is 30.7. The molecule has 0 aliphatic carbocycles. The molecule has 0 saturated heterocycles. The Morgan fingerprint density at radius 1 is 0.667 bits per heavy atom. The van der Waals surface area contributed by atoms with Crippen LogP contribution in [0.5, 0.6) is 0 Å². The van der Waals surface area contributed by atoms with Crippen LogP contribution in [0.25, 0.3) is 0 Å². The zero-order chi connectivity index (χ0) is 31.8. The lowest BCUT2D eigenvalue weighted by Crippen LogP contribution is -3.00. The molecule has 45 heavy (non-hydrogen) atoms. The highest BCUT2D eigenvalue weighted by atomic mass is 79.9. The Balaban J connectivity index is 0.0000194. The normalized spacial score (nSPS) is 12.7.